The van der Waals surface area contributed by atoms with Crippen LogP contribution in [-0.2, 0) is 6.54 Å². The van der Waals surface area contributed by atoms with Crippen LogP contribution in [-0.4, -0.2) is 5.91 Å². The Kier molecular flexibility index (Phi) is 4.61. The molecule has 0 unspecified atom stereocenters. The highest BCUT2D eigenvalue weighted by molar-refractivity contribution is 9.10. The number of aryl methyl sites for hydroxylation is 1. The molecule has 0 aliphatic heterocycles. The Morgan fingerprint density at radius 3 is 2.74 bits per heavy atom. The summed E-state index contributed by atoms with van der Waals surface area (Å²) in [4.78, 5) is 12.0. The maximum Gasteiger partial charge on any atom is 0.251 e. The first-order valence-corrected chi connectivity index (χ1v) is 7.02. The van der Waals surface area contributed by atoms with Gasteiger partial charge >= 0.3 is 0 Å². The molecule has 2 rings (SSSR count). The molecule has 1 N–H and O–H groups in total. The van der Waals surface area contributed by atoms with Gasteiger partial charge in [-0.15, -0.1) is 0 Å². The summed E-state index contributed by atoms with van der Waals surface area (Å²) in [5.41, 5.74) is 2.57. The molecular weight excluding hydrogens is 326 g/mol. The minimum atomic E-state index is -0.0975. The summed E-state index contributed by atoms with van der Waals surface area (Å²) in [6, 6.07) is 13.1. The van der Waals surface area contributed by atoms with Crippen LogP contribution >= 0.6 is 27.5 Å². The summed E-state index contributed by atoms with van der Waals surface area (Å²) < 4.78 is 1.00. The van der Waals surface area contributed by atoms with E-state index < -0.39 is 0 Å². The highest BCUT2D eigenvalue weighted by atomic mass is 79.9. The third-order valence-corrected chi connectivity index (χ3v) is 3.68. The van der Waals surface area contributed by atoms with Crippen molar-refractivity contribution in [3.63, 3.8) is 0 Å². The third kappa shape index (κ3) is 3.82. The number of rotatable bonds is 3. The Bertz CT molecular complexity index is 613. The number of carbonyl (C=O) groups is 1. The Balaban J connectivity index is 2.03. The van der Waals surface area contributed by atoms with E-state index in [4.69, 9.17) is 11.6 Å². The number of hydrogen-bond acceptors (Lipinski definition) is 1. The van der Waals surface area contributed by atoms with Crippen molar-refractivity contribution >= 4 is 33.4 Å². The van der Waals surface area contributed by atoms with Gasteiger partial charge in [0.2, 0.25) is 0 Å². The molecular formula is C15H13BrClNO. The van der Waals surface area contributed by atoms with E-state index in [9.17, 15) is 4.79 Å². The Labute approximate surface area is 125 Å². The molecule has 0 saturated heterocycles. The number of amides is 1. The standard InChI is InChI=1S/C15H13BrClNO/c1-10-7-12(5-6-14(10)17)15(19)18-9-11-3-2-4-13(16)8-11/h2-8H,9H2,1H3,(H,18,19). The predicted octanol–water partition coefficient (Wildman–Crippen LogP) is 4.34. The molecule has 2 aromatic carbocycles. The summed E-state index contributed by atoms with van der Waals surface area (Å²) in [7, 11) is 0. The highest BCUT2D eigenvalue weighted by Crippen LogP contribution is 2.16. The second kappa shape index (κ2) is 6.22. The van der Waals surface area contributed by atoms with Crippen LogP contribution in [0.4, 0.5) is 0 Å². The normalized spacial score (nSPS) is 10.3. The quantitative estimate of drug-likeness (QED) is 0.886. The average molecular weight is 339 g/mol. The molecule has 4 heteroatoms. The van der Waals surface area contributed by atoms with Crippen LogP contribution in [0.5, 0.6) is 0 Å². The molecule has 0 atom stereocenters. The minimum Gasteiger partial charge on any atom is -0.348 e. The van der Waals surface area contributed by atoms with E-state index in [2.05, 4.69) is 21.2 Å². The first kappa shape index (κ1) is 14.1. The molecule has 1 amide bonds. The summed E-state index contributed by atoms with van der Waals surface area (Å²) >= 11 is 9.34. The van der Waals surface area contributed by atoms with Crippen LogP contribution in [0.15, 0.2) is 46.9 Å². The van der Waals surface area contributed by atoms with Crippen molar-refractivity contribution in [3.8, 4) is 0 Å². The number of benzene rings is 2. The van der Waals surface area contributed by atoms with E-state index in [1.54, 1.807) is 18.2 Å². The van der Waals surface area contributed by atoms with Crippen molar-refractivity contribution in [2.24, 2.45) is 0 Å². The zero-order valence-electron chi connectivity index (χ0n) is 10.4. The Hall–Kier alpha value is -1.32. The second-order valence-electron chi connectivity index (χ2n) is 4.28. The van der Waals surface area contributed by atoms with Gasteiger partial charge in [0.15, 0.2) is 0 Å². The van der Waals surface area contributed by atoms with Gasteiger partial charge in [-0.3, -0.25) is 4.79 Å². The van der Waals surface area contributed by atoms with E-state index in [0.717, 1.165) is 15.6 Å². The monoisotopic (exact) mass is 337 g/mol. The fraction of sp³-hybridized carbons (Fsp3) is 0.133. The Morgan fingerprint density at radius 2 is 2.05 bits per heavy atom. The number of halogens is 2. The first-order chi connectivity index (χ1) is 9.06. The summed E-state index contributed by atoms with van der Waals surface area (Å²) in [5.74, 6) is -0.0975. The van der Waals surface area contributed by atoms with Gasteiger partial charge in [0.25, 0.3) is 5.91 Å². The van der Waals surface area contributed by atoms with Gasteiger partial charge in [0.1, 0.15) is 0 Å². The van der Waals surface area contributed by atoms with E-state index in [1.807, 2.05) is 31.2 Å². The smallest absolute Gasteiger partial charge is 0.251 e. The van der Waals surface area contributed by atoms with Crippen molar-refractivity contribution in [2.75, 3.05) is 0 Å². The lowest BCUT2D eigenvalue weighted by Gasteiger charge is -2.07. The molecule has 19 heavy (non-hydrogen) atoms. The average Bonchev–Trinajstić information content (AvgIpc) is 2.39. The van der Waals surface area contributed by atoms with Crippen LogP contribution in [0.3, 0.4) is 0 Å². The van der Waals surface area contributed by atoms with Crippen molar-refractivity contribution < 1.29 is 4.79 Å². The van der Waals surface area contributed by atoms with Crippen LogP contribution in [0, 0.1) is 6.92 Å². The number of nitrogens with one attached hydrogen (secondary N) is 1. The lowest BCUT2D eigenvalue weighted by Crippen LogP contribution is -2.22. The topological polar surface area (TPSA) is 29.1 Å². The second-order valence-corrected chi connectivity index (χ2v) is 5.60. The molecule has 0 aliphatic rings. The zero-order chi connectivity index (χ0) is 13.8. The predicted molar refractivity (Wildman–Crippen MR) is 81.5 cm³/mol. The zero-order valence-corrected chi connectivity index (χ0v) is 12.8. The van der Waals surface area contributed by atoms with Gasteiger partial charge in [-0.25, -0.2) is 0 Å². The largest absolute Gasteiger partial charge is 0.348 e. The maximum atomic E-state index is 12.0. The fourth-order valence-electron chi connectivity index (χ4n) is 1.72. The van der Waals surface area contributed by atoms with Crippen LogP contribution in [0.1, 0.15) is 21.5 Å². The van der Waals surface area contributed by atoms with Gasteiger partial charge in [0.05, 0.1) is 0 Å². The van der Waals surface area contributed by atoms with E-state index in [-0.39, 0.29) is 5.91 Å². The molecule has 0 aromatic heterocycles. The molecule has 0 fully saturated rings. The van der Waals surface area contributed by atoms with Gasteiger partial charge < -0.3 is 5.32 Å². The van der Waals surface area contributed by atoms with Crippen LogP contribution in [0.2, 0.25) is 5.02 Å². The van der Waals surface area contributed by atoms with Crippen molar-refractivity contribution in [1.29, 1.82) is 0 Å². The number of carbonyl (C=O) groups excluding carboxylic acids is 1. The van der Waals surface area contributed by atoms with Gasteiger partial charge in [-0.2, -0.15) is 0 Å². The van der Waals surface area contributed by atoms with Crippen molar-refractivity contribution in [2.45, 2.75) is 13.5 Å². The minimum absolute atomic E-state index is 0.0975. The summed E-state index contributed by atoms with van der Waals surface area (Å²) in [6.07, 6.45) is 0. The van der Waals surface area contributed by atoms with E-state index in [1.165, 1.54) is 0 Å². The fourth-order valence-corrected chi connectivity index (χ4v) is 2.28. The van der Waals surface area contributed by atoms with Gasteiger partial charge in [-0.1, -0.05) is 39.7 Å². The van der Waals surface area contributed by atoms with E-state index in [0.29, 0.717) is 17.1 Å². The van der Waals surface area contributed by atoms with Gasteiger partial charge in [-0.05, 0) is 48.4 Å². The molecule has 0 radical (unpaired) electrons. The molecule has 0 spiro atoms. The van der Waals surface area contributed by atoms with Crippen LogP contribution < -0.4 is 5.32 Å². The molecule has 0 aliphatic carbocycles. The summed E-state index contributed by atoms with van der Waals surface area (Å²) in [6.45, 7) is 2.38. The molecule has 0 saturated carbocycles. The van der Waals surface area contributed by atoms with Crippen molar-refractivity contribution in [1.82, 2.24) is 5.32 Å². The van der Waals surface area contributed by atoms with E-state index >= 15 is 0 Å². The molecule has 0 bridgehead atoms. The first-order valence-electron chi connectivity index (χ1n) is 5.85. The molecule has 2 aromatic rings. The number of hydrogen-bond donors (Lipinski definition) is 1. The third-order valence-electron chi connectivity index (χ3n) is 2.76. The molecule has 98 valence electrons. The van der Waals surface area contributed by atoms with Gasteiger partial charge in [0, 0.05) is 21.6 Å². The highest BCUT2D eigenvalue weighted by Gasteiger charge is 2.06. The molecule has 2 nitrogen and oxygen atoms in total. The van der Waals surface area contributed by atoms with Crippen molar-refractivity contribution in [3.05, 3.63) is 68.7 Å². The molecule has 0 heterocycles. The Morgan fingerprint density at radius 1 is 1.26 bits per heavy atom. The SMILES string of the molecule is Cc1cc(C(=O)NCc2cccc(Br)c2)ccc1Cl. The lowest BCUT2D eigenvalue weighted by molar-refractivity contribution is 0.0951. The maximum absolute atomic E-state index is 12.0. The summed E-state index contributed by atoms with van der Waals surface area (Å²) in [5, 5.41) is 3.56. The van der Waals surface area contributed by atoms with Crippen LogP contribution in [0.25, 0.3) is 0 Å². The lowest BCUT2D eigenvalue weighted by atomic mass is 10.1.